The lowest BCUT2D eigenvalue weighted by atomic mass is 10.2. The van der Waals surface area contributed by atoms with Crippen LogP contribution in [0.25, 0.3) is 0 Å². The van der Waals surface area contributed by atoms with Gasteiger partial charge in [-0.2, -0.15) is 0 Å². The van der Waals surface area contributed by atoms with Crippen molar-refractivity contribution in [1.29, 1.82) is 0 Å². The van der Waals surface area contributed by atoms with Crippen LogP contribution in [-0.2, 0) is 9.53 Å². The van der Waals surface area contributed by atoms with Crippen LogP contribution in [0.15, 0.2) is 23.2 Å². The summed E-state index contributed by atoms with van der Waals surface area (Å²) in [5, 5.41) is 3.11. The second kappa shape index (κ2) is 7.40. The van der Waals surface area contributed by atoms with Crippen molar-refractivity contribution in [3.63, 3.8) is 0 Å². The van der Waals surface area contributed by atoms with Crippen molar-refractivity contribution in [2.75, 3.05) is 44.7 Å². The maximum absolute atomic E-state index is 11.5. The second-order valence-electron chi connectivity index (χ2n) is 4.68. The van der Waals surface area contributed by atoms with Gasteiger partial charge in [0.2, 0.25) is 0 Å². The minimum Gasteiger partial charge on any atom is -0.466 e. The molecule has 0 aliphatic carbocycles. The number of nitrogens with zero attached hydrogens (tertiary/aromatic N) is 3. The summed E-state index contributed by atoms with van der Waals surface area (Å²) in [6.45, 7) is 6.75. The van der Waals surface area contributed by atoms with Gasteiger partial charge in [0.1, 0.15) is 0 Å². The first-order valence-electron chi connectivity index (χ1n) is 6.88. The molecular weight excluding hydrogens is 274 g/mol. The molecule has 20 heavy (non-hydrogen) atoms. The molecule has 0 aromatic carbocycles. The largest absolute Gasteiger partial charge is 0.466 e. The van der Waals surface area contributed by atoms with E-state index in [2.05, 4.69) is 14.8 Å². The Balaban J connectivity index is 1.82. The summed E-state index contributed by atoms with van der Waals surface area (Å²) in [5.74, 6) is -0.214. The molecule has 1 saturated heterocycles. The van der Waals surface area contributed by atoms with Crippen LogP contribution in [0.1, 0.15) is 13.3 Å². The second-order valence-corrected chi connectivity index (χ2v) is 5.55. The van der Waals surface area contributed by atoms with Gasteiger partial charge in [-0.3, -0.25) is 4.90 Å². The van der Waals surface area contributed by atoms with Crippen LogP contribution >= 0.6 is 11.3 Å². The van der Waals surface area contributed by atoms with Gasteiger partial charge in [-0.05, 0) is 6.42 Å². The van der Waals surface area contributed by atoms with Gasteiger partial charge in [0.05, 0.1) is 7.11 Å². The lowest BCUT2D eigenvalue weighted by molar-refractivity contribution is -0.136. The van der Waals surface area contributed by atoms with Crippen molar-refractivity contribution < 1.29 is 9.53 Å². The fourth-order valence-electron chi connectivity index (χ4n) is 2.24. The Morgan fingerprint density at radius 1 is 1.45 bits per heavy atom. The Bertz CT molecular complexity index is 451. The quantitative estimate of drug-likeness (QED) is 0.612. The number of rotatable bonds is 5. The Kier molecular flexibility index (Phi) is 5.55. The first-order chi connectivity index (χ1) is 9.74. The van der Waals surface area contributed by atoms with Gasteiger partial charge in [0.15, 0.2) is 5.13 Å². The normalized spacial score (nSPS) is 17.3. The average Bonchev–Trinajstić information content (AvgIpc) is 3.02. The number of anilines is 1. The topological polar surface area (TPSA) is 45.7 Å². The van der Waals surface area contributed by atoms with Crippen molar-refractivity contribution in [3.05, 3.63) is 23.2 Å². The zero-order valence-electron chi connectivity index (χ0n) is 12.0. The van der Waals surface area contributed by atoms with Gasteiger partial charge >= 0.3 is 5.97 Å². The van der Waals surface area contributed by atoms with E-state index < -0.39 is 0 Å². The number of methoxy groups -OCH3 is 1. The SMILES string of the molecule is CCC(=CCN1CCN(c2nccs2)CC1)C(=O)OC. The smallest absolute Gasteiger partial charge is 0.333 e. The van der Waals surface area contributed by atoms with Gasteiger partial charge in [0, 0.05) is 49.9 Å². The number of esters is 1. The summed E-state index contributed by atoms with van der Waals surface area (Å²) < 4.78 is 4.77. The van der Waals surface area contributed by atoms with E-state index in [-0.39, 0.29) is 5.97 Å². The van der Waals surface area contributed by atoms with Crippen LogP contribution in [0.4, 0.5) is 5.13 Å². The molecule has 1 aromatic rings. The molecule has 5 nitrogen and oxygen atoms in total. The molecule has 110 valence electrons. The van der Waals surface area contributed by atoms with Crippen LogP contribution in [0.5, 0.6) is 0 Å². The molecule has 2 rings (SSSR count). The highest BCUT2D eigenvalue weighted by molar-refractivity contribution is 7.13. The summed E-state index contributed by atoms with van der Waals surface area (Å²) in [4.78, 5) is 20.5. The zero-order valence-corrected chi connectivity index (χ0v) is 12.9. The lowest BCUT2D eigenvalue weighted by Gasteiger charge is -2.34. The first-order valence-corrected chi connectivity index (χ1v) is 7.76. The predicted molar refractivity (Wildman–Crippen MR) is 81.2 cm³/mol. The summed E-state index contributed by atoms with van der Waals surface area (Å²) in [7, 11) is 1.43. The van der Waals surface area contributed by atoms with Crippen molar-refractivity contribution in [3.8, 4) is 0 Å². The summed E-state index contributed by atoms with van der Waals surface area (Å²) in [6.07, 6.45) is 4.55. The third-order valence-electron chi connectivity index (χ3n) is 3.49. The third kappa shape index (κ3) is 3.80. The molecule has 0 unspecified atom stereocenters. The van der Waals surface area contributed by atoms with Crippen LogP contribution in [0.3, 0.4) is 0 Å². The maximum Gasteiger partial charge on any atom is 0.333 e. The van der Waals surface area contributed by atoms with Gasteiger partial charge < -0.3 is 9.64 Å². The molecule has 6 heteroatoms. The number of ether oxygens (including phenoxy) is 1. The van der Waals surface area contributed by atoms with E-state index >= 15 is 0 Å². The highest BCUT2D eigenvalue weighted by atomic mass is 32.1. The molecule has 0 radical (unpaired) electrons. The highest BCUT2D eigenvalue weighted by Gasteiger charge is 2.18. The standard InChI is InChI=1S/C14H21N3O2S/c1-3-12(13(18)19-2)4-6-16-7-9-17(10-8-16)14-15-5-11-20-14/h4-5,11H,3,6-10H2,1-2H3. The summed E-state index contributed by atoms with van der Waals surface area (Å²) >= 11 is 1.68. The average molecular weight is 295 g/mol. The molecule has 0 amide bonds. The summed E-state index contributed by atoms with van der Waals surface area (Å²) in [5.41, 5.74) is 0.759. The lowest BCUT2D eigenvalue weighted by Crippen LogP contribution is -2.46. The Hall–Kier alpha value is -1.40. The Morgan fingerprint density at radius 3 is 2.75 bits per heavy atom. The minimum atomic E-state index is -0.214. The van der Waals surface area contributed by atoms with Gasteiger partial charge in [-0.15, -0.1) is 11.3 Å². The van der Waals surface area contributed by atoms with Crippen LogP contribution < -0.4 is 4.90 Å². The molecule has 0 spiro atoms. The molecule has 0 N–H and O–H groups in total. The van der Waals surface area contributed by atoms with E-state index in [1.807, 2.05) is 24.6 Å². The minimum absolute atomic E-state index is 0.214. The van der Waals surface area contributed by atoms with Gasteiger partial charge in [0.25, 0.3) is 0 Å². The number of hydrogen-bond donors (Lipinski definition) is 0. The van der Waals surface area contributed by atoms with Crippen molar-refractivity contribution in [2.45, 2.75) is 13.3 Å². The molecule has 2 heterocycles. The maximum atomic E-state index is 11.5. The molecule has 0 bridgehead atoms. The Morgan fingerprint density at radius 2 is 2.20 bits per heavy atom. The molecule has 0 saturated carbocycles. The number of carbonyl (C=O) groups excluding carboxylic acids is 1. The third-order valence-corrected chi connectivity index (χ3v) is 4.32. The predicted octanol–water partition coefficient (Wildman–Crippen LogP) is 1.77. The van der Waals surface area contributed by atoms with Gasteiger partial charge in [-0.1, -0.05) is 13.0 Å². The molecular formula is C14H21N3O2S. The fourth-order valence-corrected chi connectivity index (χ4v) is 2.93. The number of aromatic nitrogens is 1. The number of thiazole rings is 1. The molecule has 1 aromatic heterocycles. The molecule has 1 fully saturated rings. The monoisotopic (exact) mass is 295 g/mol. The van der Waals surface area contributed by atoms with E-state index in [1.54, 1.807) is 11.3 Å². The van der Waals surface area contributed by atoms with Crippen molar-refractivity contribution in [1.82, 2.24) is 9.88 Å². The van der Waals surface area contributed by atoms with E-state index in [4.69, 9.17) is 4.74 Å². The van der Waals surface area contributed by atoms with Crippen LogP contribution in [0, 0.1) is 0 Å². The highest BCUT2D eigenvalue weighted by Crippen LogP contribution is 2.18. The van der Waals surface area contributed by atoms with Crippen LogP contribution in [-0.4, -0.2) is 55.7 Å². The zero-order chi connectivity index (χ0) is 14.4. The summed E-state index contributed by atoms with van der Waals surface area (Å²) in [6, 6.07) is 0. The fraction of sp³-hybridized carbons (Fsp3) is 0.571. The van der Waals surface area contributed by atoms with E-state index in [9.17, 15) is 4.79 Å². The Labute approximate surface area is 123 Å². The first kappa shape index (κ1) is 15.0. The molecule has 1 aliphatic heterocycles. The van der Waals surface area contributed by atoms with Crippen molar-refractivity contribution >= 4 is 22.4 Å². The number of piperazine rings is 1. The van der Waals surface area contributed by atoms with E-state index in [1.165, 1.54) is 7.11 Å². The molecule has 0 atom stereocenters. The number of hydrogen-bond acceptors (Lipinski definition) is 6. The number of carbonyl (C=O) groups is 1. The van der Waals surface area contributed by atoms with Crippen molar-refractivity contribution in [2.24, 2.45) is 0 Å². The van der Waals surface area contributed by atoms with E-state index in [0.29, 0.717) is 6.42 Å². The van der Waals surface area contributed by atoms with Crippen LogP contribution in [0.2, 0.25) is 0 Å². The van der Waals surface area contributed by atoms with Gasteiger partial charge in [-0.25, -0.2) is 9.78 Å². The molecule has 1 aliphatic rings. The van der Waals surface area contributed by atoms with E-state index in [0.717, 1.165) is 43.4 Å².